The minimum absolute atomic E-state index is 0.288. The largest absolute Gasteiger partial charge is 0.497 e. The zero-order valence-corrected chi connectivity index (χ0v) is 19.8. The molecule has 33 heavy (non-hydrogen) atoms. The first kappa shape index (κ1) is 24.0. The third-order valence-electron chi connectivity index (χ3n) is 5.01. The standard InChI is InChI=1S/C25H31N3O5/c1-6-31-20-15-18(16-21(32-7-2)23(20)33-8-3)25(29)27-22(24-26-13-14-28(24)4)17-9-11-19(30-5)12-10-17/h9-16,22H,6-8H2,1-5H3,(H,27,29). The Hall–Kier alpha value is -3.68. The highest BCUT2D eigenvalue weighted by molar-refractivity contribution is 5.96. The minimum atomic E-state index is -0.471. The number of aromatic nitrogens is 2. The van der Waals surface area contributed by atoms with Crippen molar-refractivity contribution in [3.63, 3.8) is 0 Å². The molecule has 1 unspecified atom stereocenters. The van der Waals surface area contributed by atoms with E-state index in [1.165, 1.54) is 0 Å². The molecule has 0 saturated carbocycles. The minimum Gasteiger partial charge on any atom is -0.497 e. The fourth-order valence-electron chi connectivity index (χ4n) is 3.48. The number of methoxy groups -OCH3 is 1. The van der Waals surface area contributed by atoms with Crippen LogP contribution in [0.2, 0.25) is 0 Å². The summed E-state index contributed by atoms with van der Waals surface area (Å²) in [6.07, 6.45) is 3.55. The molecule has 8 nitrogen and oxygen atoms in total. The number of aryl methyl sites for hydroxylation is 1. The van der Waals surface area contributed by atoms with Gasteiger partial charge in [0.25, 0.3) is 5.91 Å². The third-order valence-corrected chi connectivity index (χ3v) is 5.01. The fourth-order valence-corrected chi connectivity index (χ4v) is 3.48. The maximum Gasteiger partial charge on any atom is 0.252 e. The zero-order valence-electron chi connectivity index (χ0n) is 19.8. The van der Waals surface area contributed by atoms with Crippen LogP contribution in [0.4, 0.5) is 0 Å². The van der Waals surface area contributed by atoms with Gasteiger partial charge in [0, 0.05) is 25.0 Å². The van der Waals surface area contributed by atoms with Gasteiger partial charge in [-0.3, -0.25) is 4.79 Å². The summed E-state index contributed by atoms with van der Waals surface area (Å²) in [6, 6.07) is 10.4. The van der Waals surface area contributed by atoms with Crippen LogP contribution in [-0.2, 0) is 7.05 Å². The van der Waals surface area contributed by atoms with Crippen molar-refractivity contribution in [2.24, 2.45) is 7.05 Å². The average Bonchev–Trinajstić information content (AvgIpc) is 3.25. The van der Waals surface area contributed by atoms with Crippen LogP contribution < -0.4 is 24.3 Å². The summed E-state index contributed by atoms with van der Waals surface area (Å²) < 4.78 is 24.4. The Kier molecular flexibility index (Phi) is 8.18. The van der Waals surface area contributed by atoms with Crippen molar-refractivity contribution in [3.05, 3.63) is 65.7 Å². The van der Waals surface area contributed by atoms with Gasteiger partial charge in [0.15, 0.2) is 11.5 Å². The van der Waals surface area contributed by atoms with Crippen molar-refractivity contribution in [2.45, 2.75) is 26.8 Å². The van der Waals surface area contributed by atoms with E-state index < -0.39 is 6.04 Å². The molecule has 1 amide bonds. The lowest BCUT2D eigenvalue weighted by Gasteiger charge is -2.21. The molecule has 176 valence electrons. The molecule has 1 heterocycles. The number of carbonyl (C=O) groups is 1. The van der Waals surface area contributed by atoms with Gasteiger partial charge in [-0.2, -0.15) is 0 Å². The van der Waals surface area contributed by atoms with E-state index in [0.29, 0.717) is 48.5 Å². The average molecular weight is 454 g/mol. The maximum absolute atomic E-state index is 13.4. The van der Waals surface area contributed by atoms with Crippen LogP contribution >= 0.6 is 0 Å². The molecular formula is C25H31N3O5. The topological polar surface area (TPSA) is 83.8 Å². The van der Waals surface area contributed by atoms with E-state index in [0.717, 1.165) is 11.3 Å². The number of imidazole rings is 1. The normalized spacial score (nSPS) is 11.5. The van der Waals surface area contributed by atoms with Gasteiger partial charge < -0.3 is 28.8 Å². The number of benzene rings is 2. The SMILES string of the molecule is CCOc1cc(C(=O)NC(c2ccc(OC)cc2)c2nccn2C)cc(OCC)c1OCC. The van der Waals surface area contributed by atoms with Crippen molar-refractivity contribution in [1.82, 2.24) is 14.9 Å². The van der Waals surface area contributed by atoms with Gasteiger partial charge >= 0.3 is 0 Å². The summed E-state index contributed by atoms with van der Waals surface area (Å²) in [5.74, 6) is 2.58. The van der Waals surface area contributed by atoms with Gasteiger partial charge in [-0.05, 0) is 50.6 Å². The number of hydrogen-bond acceptors (Lipinski definition) is 6. The summed E-state index contributed by atoms with van der Waals surface area (Å²) in [6.45, 7) is 6.95. The molecule has 0 aliphatic rings. The molecule has 1 N–H and O–H groups in total. The zero-order chi connectivity index (χ0) is 23.8. The van der Waals surface area contributed by atoms with Crippen LogP contribution in [0, 0.1) is 0 Å². The van der Waals surface area contributed by atoms with Crippen molar-refractivity contribution >= 4 is 5.91 Å². The first-order valence-electron chi connectivity index (χ1n) is 11.0. The van der Waals surface area contributed by atoms with E-state index in [9.17, 15) is 4.79 Å². The summed E-state index contributed by atoms with van der Waals surface area (Å²) in [5, 5.41) is 3.11. The van der Waals surface area contributed by atoms with Gasteiger partial charge in [0.2, 0.25) is 5.75 Å². The van der Waals surface area contributed by atoms with Gasteiger partial charge in [0.1, 0.15) is 17.6 Å². The van der Waals surface area contributed by atoms with Crippen LogP contribution in [-0.4, -0.2) is 42.4 Å². The van der Waals surface area contributed by atoms with Gasteiger partial charge in [-0.15, -0.1) is 0 Å². The molecule has 1 aromatic heterocycles. The molecule has 0 aliphatic heterocycles. The number of amides is 1. The van der Waals surface area contributed by atoms with E-state index in [4.69, 9.17) is 18.9 Å². The first-order chi connectivity index (χ1) is 16.0. The highest BCUT2D eigenvalue weighted by atomic mass is 16.5. The summed E-state index contributed by atoms with van der Waals surface area (Å²) >= 11 is 0. The van der Waals surface area contributed by atoms with Gasteiger partial charge in [0.05, 0.1) is 26.9 Å². The second-order valence-corrected chi connectivity index (χ2v) is 7.18. The Morgan fingerprint density at radius 2 is 1.61 bits per heavy atom. The lowest BCUT2D eigenvalue weighted by molar-refractivity contribution is 0.0940. The predicted octanol–water partition coefficient (Wildman–Crippen LogP) is 4.14. The van der Waals surface area contributed by atoms with Crippen LogP contribution in [0.5, 0.6) is 23.0 Å². The van der Waals surface area contributed by atoms with Crippen LogP contribution in [0.15, 0.2) is 48.8 Å². The lowest BCUT2D eigenvalue weighted by Crippen LogP contribution is -2.31. The Morgan fingerprint density at radius 3 is 2.09 bits per heavy atom. The molecule has 1 atom stereocenters. The molecule has 0 spiro atoms. The fraction of sp³-hybridized carbons (Fsp3) is 0.360. The number of rotatable bonds is 11. The molecule has 0 bridgehead atoms. The molecule has 0 aliphatic carbocycles. The van der Waals surface area contributed by atoms with Crippen molar-refractivity contribution < 1.29 is 23.7 Å². The number of nitrogens with zero attached hydrogens (tertiary/aromatic N) is 2. The maximum atomic E-state index is 13.4. The second kappa shape index (κ2) is 11.3. The van der Waals surface area contributed by atoms with E-state index in [1.807, 2.05) is 62.8 Å². The Balaban J connectivity index is 1.99. The summed E-state index contributed by atoms with van der Waals surface area (Å²) in [5.41, 5.74) is 1.28. The van der Waals surface area contributed by atoms with Gasteiger partial charge in [-0.25, -0.2) is 4.98 Å². The van der Waals surface area contributed by atoms with Crippen molar-refractivity contribution in [1.29, 1.82) is 0 Å². The number of nitrogens with one attached hydrogen (secondary N) is 1. The molecule has 3 rings (SSSR count). The first-order valence-corrected chi connectivity index (χ1v) is 11.0. The van der Waals surface area contributed by atoms with Crippen LogP contribution in [0.25, 0.3) is 0 Å². The van der Waals surface area contributed by atoms with E-state index in [1.54, 1.807) is 25.4 Å². The van der Waals surface area contributed by atoms with Gasteiger partial charge in [-0.1, -0.05) is 12.1 Å². The summed E-state index contributed by atoms with van der Waals surface area (Å²) in [7, 11) is 3.51. The molecule has 3 aromatic rings. The monoisotopic (exact) mass is 453 g/mol. The number of ether oxygens (including phenoxy) is 4. The number of carbonyl (C=O) groups excluding carboxylic acids is 1. The lowest BCUT2D eigenvalue weighted by atomic mass is 10.0. The van der Waals surface area contributed by atoms with Crippen molar-refractivity contribution in [3.8, 4) is 23.0 Å². The smallest absolute Gasteiger partial charge is 0.252 e. The number of hydrogen-bond donors (Lipinski definition) is 1. The van der Waals surface area contributed by atoms with E-state index in [-0.39, 0.29) is 5.91 Å². The molecule has 0 fully saturated rings. The second-order valence-electron chi connectivity index (χ2n) is 7.18. The molecule has 2 aromatic carbocycles. The quantitative estimate of drug-likeness (QED) is 0.470. The van der Waals surface area contributed by atoms with E-state index in [2.05, 4.69) is 10.3 Å². The highest BCUT2D eigenvalue weighted by Crippen LogP contribution is 2.39. The van der Waals surface area contributed by atoms with Crippen LogP contribution in [0.3, 0.4) is 0 Å². The molecule has 0 radical (unpaired) electrons. The molecule has 0 saturated heterocycles. The van der Waals surface area contributed by atoms with Crippen molar-refractivity contribution in [2.75, 3.05) is 26.9 Å². The Bertz CT molecular complexity index is 1040. The molecule has 8 heteroatoms. The van der Waals surface area contributed by atoms with E-state index >= 15 is 0 Å². The predicted molar refractivity (Wildman–Crippen MR) is 125 cm³/mol. The Morgan fingerprint density at radius 1 is 1.00 bits per heavy atom. The molecular weight excluding hydrogens is 422 g/mol. The Labute approximate surface area is 194 Å². The van der Waals surface area contributed by atoms with Crippen LogP contribution in [0.1, 0.15) is 48.6 Å². The third kappa shape index (κ3) is 5.58. The summed E-state index contributed by atoms with van der Waals surface area (Å²) in [4.78, 5) is 17.9. The highest BCUT2D eigenvalue weighted by Gasteiger charge is 2.24.